The van der Waals surface area contributed by atoms with E-state index in [0.717, 1.165) is 22.9 Å². The van der Waals surface area contributed by atoms with E-state index >= 15 is 0 Å². The second kappa shape index (κ2) is 7.77. The molecule has 1 atom stereocenters. The van der Waals surface area contributed by atoms with Crippen LogP contribution in [0.1, 0.15) is 31.7 Å². The number of carbonyl (C=O) groups excluding carboxylic acids is 2. The minimum Gasteiger partial charge on any atom is -0.369 e. The van der Waals surface area contributed by atoms with E-state index in [4.69, 9.17) is 5.73 Å². The van der Waals surface area contributed by atoms with E-state index in [1.165, 1.54) is 0 Å². The molecule has 1 fully saturated rings. The second-order valence-electron chi connectivity index (χ2n) is 5.90. The molecule has 1 aliphatic rings. The van der Waals surface area contributed by atoms with Crippen molar-refractivity contribution in [3.8, 4) is 0 Å². The fraction of sp³-hybridized carbons (Fsp3) is 0.529. The maximum absolute atomic E-state index is 12.7. The summed E-state index contributed by atoms with van der Waals surface area (Å²) in [5.41, 5.74) is 6.51. The Bertz CT molecular complexity index is 539. The average molecular weight is 367 g/mol. The van der Waals surface area contributed by atoms with Gasteiger partial charge in [-0.2, -0.15) is 0 Å². The van der Waals surface area contributed by atoms with Crippen LogP contribution in [-0.2, 0) is 16.0 Å². The summed E-state index contributed by atoms with van der Waals surface area (Å²) in [7, 11) is 0. The van der Waals surface area contributed by atoms with Gasteiger partial charge in [0.2, 0.25) is 11.8 Å². The van der Waals surface area contributed by atoms with Gasteiger partial charge in [-0.1, -0.05) is 41.1 Å². The summed E-state index contributed by atoms with van der Waals surface area (Å²) < 4.78 is 1.05. The molecular weight excluding hydrogens is 344 g/mol. The molecule has 1 aromatic carbocycles. The predicted octanol–water partition coefficient (Wildman–Crippen LogP) is 2.74. The molecule has 4 nitrogen and oxygen atoms in total. The van der Waals surface area contributed by atoms with E-state index in [-0.39, 0.29) is 23.7 Å². The van der Waals surface area contributed by atoms with Crippen LogP contribution in [0.4, 0.5) is 0 Å². The first-order chi connectivity index (χ1) is 10.5. The van der Waals surface area contributed by atoms with Crippen LogP contribution in [-0.4, -0.2) is 29.8 Å². The lowest BCUT2D eigenvalue weighted by molar-refractivity contribution is -0.138. The van der Waals surface area contributed by atoms with Gasteiger partial charge in [0.1, 0.15) is 0 Å². The molecule has 0 spiro atoms. The lowest BCUT2D eigenvalue weighted by Crippen LogP contribution is -2.44. The van der Waals surface area contributed by atoms with Gasteiger partial charge in [-0.05, 0) is 37.3 Å². The van der Waals surface area contributed by atoms with Crippen LogP contribution in [0.3, 0.4) is 0 Å². The summed E-state index contributed by atoms with van der Waals surface area (Å²) in [6, 6.07) is 8.03. The van der Waals surface area contributed by atoms with Crippen LogP contribution in [0.2, 0.25) is 0 Å². The number of hydrogen-bond donors (Lipinski definition) is 1. The number of primary amides is 1. The molecule has 0 bridgehead atoms. The number of benzene rings is 1. The Morgan fingerprint density at radius 2 is 1.95 bits per heavy atom. The van der Waals surface area contributed by atoms with Crippen molar-refractivity contribution in [2.45, 2.75) is 32.6 Å². The van der Waals surface area contributed by atoms with Crippen LogP contribution in [0.25, 0.3) is 0 Å². The highest BCUT2D eigenvalue weighted by Crippen LogP contribution is 2.24. The highest BCUT2D eigenvalue weighted by atomic mass is 79.9. The van der Waals surface area contributed by atoms with Crippen molar-refractivity contribution in [2.24, 2.45) is 17.6 Å². The second-order valence-corrected chi connectivity index (χ2v) is 6.76. The first-order valence-corrected chi connectivity index (χ1v) is 8.63. The maximum atomic E-state index is 12.7. The summed E-state index contributed by atoms with van der Waals surface area (Å²) in [5, 5.41) is 0. The van der Waals surface area contributed by atoms with Crippen molar-refractivity contribution in [1.82, 2.24) is 4.90 Å². The number of piperidine rings is 1. The van der Waals surface area contributed by atoms with Crippen molar-refractivity contribution in [3.05, 3.63) is 34.3 Å². The molecule has 1 aliphatic heterocycles. The zero-order chi connectivity index (χ0) is 16.1. The summed E-state index contributed by atoms with van der Waals surface area (Å²) in [5.74, 6) is -0.134. The standard InChI is InChI=1S/C17H23BrN2O2/c1-2-12(11-14-5-3-4-6-15(14)18)17(22)20-9-7-13(8-10-20)16(19)21/h3-6,12-13H,2,7-11H2,1H3,(H2,19,21). The van der Waals surface area contributed by atoms with Crippen molar-refractivity contribution < 1.29 is 9.59 Å². The number of amides is 2. The fourth-order valence-electron chi connectivity index (χ4n) is 2.98. The predicted molar refractivity (Wildman–Crippen MR) is 90.1 cm³/mol. The molecule has 2 rings (SSSR count). The molecule has 0 aromatic heterocycles. The number of carbonyl (C=O) groups is 2. The molecular formula is C17H23BrN2O2. The van der Waals surface area contributed by atoms with Crippen molar-refractivity contribution >= 4 is 27.7 Å². The highest BCUT2D eigenvalue weighted by molar-refractivity contribution is 9.10. The van der Waals surface area contributed by atoms with Gasteiger partial charge in [-0.25, -0.2) is 0 Å². The summed E-state index contributed by atoms with van der Waals surface area (Å²) in [6.45, 7) is 3.33. The van der Waals surface area contributed by atoms with E-state index in [1.54, 1.807) is 0 Å². The summed E-state index contributed by atoms with van der Waals surface area (Å²) in [4.78, 5) is 25.8. The van der Waals surface area contributed by atoms with Gasteiger partial charge in [0, 0.05) is 29.4 Å². The van der Waals surface area contributed by atoms with Gasteiger partial charge in [-0.15, -0.1) is 0 Å². The van der Waals surface area contributed by atoms with E-state index < -0.39 is 0 Å². The van der Waals surface area contributed by atoms with Crippen molar-refractivity contribution in [3.63, 3.8) is 0 Å². The molecule has 1 aromatic rings. The average Bonchev–Trinajstić information content (AvgIpc) is 2.53. The third kappa shape index (κ3) is 4.09. The molecule has 1 unspecified atom stereocenters. The number of hydrogen-bond acceptors (Lipinski definition) is 2. The molecule has 0 radical (unpaired) electrons. The maximum Gasteiger partial charge on any atom is 0.226 e. The van der Waals surface area contributed by atoms with Crippen LogP contribution in [0.5, 0.6) is 0 Å². The van der Waals surface area contributed by atoms with Crippen molar-refractivity contribution in [1.29, 1.82) is 0 Å². The van der Waals surface area contributed by atoms with E-state index in [0.29, 0.717) is 25.9 Å². The molecule has 2 N–H and O–H groups in total. The van der Waals surface area contributed by atoms with Gasteiger partial charge in [0.05, 0.1) is 0 Å². The number of halogens is 1. The van der Waals surface area contributed by atoms with Crippen LogP contribution >= 0.6 is 15.9 Å². The lowest BCUT2D eigenvalue weighted by Gasteiger charge is -2.33. The van der Waals surface area contributed by atoms with Crippen molar-refractivity contribution in [2.75, 3.05) is 13.1 Å². The molecule has 120 valence electrons. The van der Waals surface area contributed by atoms with Gasteiger partial charge in [0.15, 0.2) is 0 Å². The minimum absolute atomic E-state index is 0.0103. The largest absolute Gasteiger partial charge is 0.369 e. The molecule has 2 amide bonds. The SMILES string of the molecule is CCC(Cc1ccccc1Br)C(=O)N1CCC(C(N)=O)CC1. The van der Waals surface area contributed by atoms with E-state index in [9.17, 15) is 9.59 Å². The van der Waals surface area contributed by atoms with Crippen LogP contribution < -0.4 is 5.73 Å². The quantitative estimate of drug-likeness (QED) is 0.870. The Morgan fingerprint density at radius 1 is 1.32 bits per heavy atom. The Labute approximate surface area is 140 Å². The van der Waals surface area contributed by atoms with Gasteiger partial charge >= 0.3 is 0 Å². The molecule has 0 saturated carbocycles. The Morgan fingerprint density at radius 3 is 2.50 bits per heavy atom. The molecule has 22 heavy (non-hydrogen) atoms. The van der Waals surface area contributed by atoms with E-state index in [2.05, 4.69) is 28.9 Å². The fourth-order valence-corrected chi connectivity index (χ4v) is 3.42. The molecule has 1 heterocycles. The highest BCUT2D eigenvalue weighted by Gasteiger charge is 2.29. The molecule has 0 aliphatic carbocycles. The molecule has 5 heteroatoms. The minimum atomic E-state index is -0.243. The van der Waals surface area contributed by atoms with Gasteiger partial charge in [0.25, 0.3) is 0 Å². The monoisotopic (exact) mass is 366 g/mol. The zero-order valence-corrected chi connectivity index (χ0v) is 14.5. The summed E-state index contributed by atoms with van der Waals surface area (Å²) >= 11 is 3.55. The number of rotatable bonds is 5. The number of nitrogens with zero attached hydrogens (tertiary/aromatic N) is 1. The number of nitrogens with two attached hydrogens (primary N) is 1. The Kier molecular flexibility index (Phi) is 6.00. The normalized spacial score (nSPS) is 17.3. The first kappa shape index (κ1) is 17.0. The third-order valence-electron chi connectivity index (χ3n) is 4.48. The molecule has 1 saturated heterocycles. The van der Waals surface area contributed by atoms with Crippen LogP contribution in [0.15, 0.2) is 28.7 Å². The van der Waals surface area contributed by atoms with Gasteiger partial charge < -0.3 is 10.6 Å². The van der Waals surface area contributed by atoms with Crippen LogP contribution in [0, 0.1) is 11.8 Å². The summed E-state index contributed by atoms with van der Waals surface area (Å²) in [6.07, 6.45) is 2.93. The third-order valence-corrected chi connectivity index (χ3v) is 5.25. The zero-order valence-electron chi connectivity index (χ0n) is 12.9. The topological polar surface area (TPSA) is 63.4 Å². The first-order valence-electron chi connectivity index (χ1n) is 7.84. The van der Waals surface area contributed by atoms with Gasteiger partial charge in [-0.3, -0.25) is 9.59 Å². The Balaban J connectivity index is 1.98. The smallest absolute Gasteiger partial charge is 0.226 e. The Hall–Kier alpha value is -1.36. The number of likely N-dealkylation sites (tertiary alicyclic amines) is 1. The van der Waals surface area contributed by atoms with E-state index in [1.807, 2.05) is 23.1 Å². The lowest BCUT2D eigenvalue weighted by atomic mass is 9.92.